The number of halogens is 4. The monoisotopic (exact) mass is 446 g/mol. The van der Waals surface area contributed by atoms with Crippen LogP contribution >= 0.6 is 11.6 Å². The Morgan fingerprint density at radius 1 is 0.839 bits per heavy atom. The molecule has 8 heteroatoms. The second-order valence-electron chi connectivity index (χ2n) is 6.75. The van der Waals surface area contributed by atoms with Crippen molar-refractivity contribution < 1.29 is 22.8 Å². The molecule has 0 aliphatic rings. The Bertz CT molecular complexity index is 1080. The maximum absolute atomic E-state index is 12.8. The highest BCUT2D eigenvalue weighted by atomic mass is 35.5. The van der Waals surface area contributed by atoms with E-state index in [1.807, 2.05) is 18.2 Å². The van der Waals surface area contributed by atoms with Crippen LogP contribution < -0.4 is 10.6 Å². The number of hydrogen-bond donors (Lipinski definition) is 2. The fraction of sp³-hybridized carbons (Fsp3) is 0.130. The smallest absolute Gasteiger partial charge is 0.326 e. The van der Waals surface area contributed by atoms with E-state index >= 15 is 0 Å². The van der Waals surface area contributed by atoms with E-state index in [9.17, 15) is 22.8 Å². The van der Waals surface area contributed by atoms with E-state index in [4.69, 9.17) is 11.6 Å². The second-order valence-corrected chi connectivity index (χ2v) is 7.16. The molecule has 0 saturated carbocycles. The van der Waals surface area contributed by atoms with Gasteiger partial charge in [0.2, 0.25) is 5.91 Å². The minimum Gasteiger partial charge on any atom is -0.326 e. The molecule has 0 bridgehead atoms. The minimum atomic E-state index is -4.49. The van der Waals surface area contributed by atoms with Crippen molar-refractivity contribution in [3.63, 3.8) is 0 Å². The van der Waals surface area contributed by atoms with Gasteiger partial charge in [-0.1, -0.05) is 35.9 Å². The van der Waals surface area contributed by atoms with Crippen molar-refractivity contribution in [3.8, 4) is 0 Å². The van der Waals surface area contributed by atoms with Gasteiger partial charge < -0.3 is 10.6 Å². The van der Waals surface area contributed by atoms with Gasteiger partial charge in [-0.3, -0.25) is 9.59 Å². The van der Waals surface area contributed by atoms with Crippen molar-refractivity contribution in [3.05, 3.63) is 94.5 Å². The number of rotatable bonds is 6. The lowest BCUT2D eigenvalue weighted by Gasteiger charge is -2.10. The first-order valence-corrected chi connectivity index (χ1v) is 9.72. The third-order valence-electron chi connectivity index (χ3n) is 4.46. The summed E-state index contributed by atoms with van der Waals surface area (Å²) in [6.45, 7) is 0. The van der Waals surface area contributed by atoms with E-state index < -0.39 is 17.6 Å². The molecule has 4 nitrogen and oxygen atoms in total. The molecule has 0 aliphatic heterocycles. The summed E-state index contributed by atoms with van der Waals surface area (Å²) in [6, 6.07) is 17.7. The average Bonchev–Trinajstić information content (AvgIpc) is 2.73. The first-order valence-electron chi connectivity index (χ1n) is 9.34. The van der Waals surface area contributed by atoms with Gasteiger partial charge in [0, 0.05) is 28.4 Å². The van der Waals surface area contributed by atoms with Crippen molar-refractivity contribution in [1.29, 1.82) is 0 Å². The number of amides is 2. The Labute approximate surface area is 182 Å². The molecule has 0 aliphatic carbocycles. The van der Waals surface area contributed by atoms with Crippen LogP contribution in [0.4, 0.5) is 24.5 Å². The van der Waals surface area contributed by atoms with Crippen molar-refractivity contribution in [2.45, 2.75) is 19.0 Å². The quantitative estimate of drug-likeness (QED) is 0.475. The van der Waals surface area contributed by atoms with Crippen LogP contribution in [0, 0.1) is 0 Å². The van der Waals surface area contributed by atoms with Crippen molar-refractivity contribution in [2.75, 3.05) is 10.6 Å². The molecule has 0 atom stereocenters. The Morgan fingerprint density at radius 2 is 1.55 bits per heavy atom. The van der Waals surface area contributed by atoms with Crippen LogP contribution in [0.25, 0.3) is 0 Å². The highest BCUT2D eigenvalue weighted by molar-refractivity contribution is 6.31. The molecule has 0 spiro atoms. The Morgan fingerprint density at radius 3 is 2.23 bits per heavy atom. The molecule has 0 saturated heterocycles. The fourth-order valence-electron chi connectivity index (χ4n) is 2.85. The predicted octanol–water partition coefficient (Wildman–Crippen LogP) is 6.18. The molecule has 31 heavy (non-hydrogen) atoms. The number of aryl methyl sites for hydroxylation is 1. The van der Waals surface area contributed by atoms with Gasteiger partial charge in [-0.15, -0.1) is 0 Å². The summed E-state index contributed by atoms with van der Waals surface area (Å²) in [7, 11) is 0. The van der Waals surface area contributed by atoms with E-state index in [2.05, 4.69) is 10.6 Å². The molecular formula is C23H18ClF3N2O2. The molecular weight excluding hydrogens is 429 g/mol. The lowest BCUT2D eigenvalue weighted by atomic mass is 10.1. The lowest BCUT2D eigenvalue weighted by Crippen LogP contribution is -2.14. The van der Waals surface area contributed by atoms with E-state index in [1.54, 1.807) is 18.2 Å². The topological polar surface area (TPSA) is 58.2 Å². The average molecular weight is 447 g/mol. The van der Waals surface area contributed by atoms with Crippen LogP contribution in [0.3, 0.4) is 0 Å². The van der Waals surface area contributed by atoms with Gasteiger partial charge in [0.25, 0.3) is 5.91 Å². The minimum absolute atomic E-state index is 0.0387. The Balaban J connectivity index is 1.56. The van der Waals surface area contributed by atoms with E-state index in [0.717, 1.165) is 17.7 Å². The largest absolute Gasteiger partial charge is 0.416 e. The van der Waals surface area contributed by atoms with E-state index in [-0.39, 0.29) is 23.6 Å². The van der Waals surface area contributed by atoms with Crippen LogP contribution in [-0.2, 0) is 17.4 Å². The molecule has 0 fully saturated rings. The zero-order valence-corrected chi connectivity index (χ0v) is 16.9. The van der Waals surface area contributed by atoms with Crippen LogP contribution in [0.15, 0.2) is 72.8 Å². The second kappa shape index (κ2) is 9.66. The fourth-order valence-corrected chi connectivity index (χ4v) is 3.08. The summed E-state index contributed by atoms with van der Waals surface area (Å²) in [5.74, 6) is -0.767. The molecule has 3 rings (SSSR count). The Hall–Kier alpha value is -3.32. The third-order valence-corrected chi connectivity index (χ3v) is 4.83. The SMILES string of the molecule is O=C(CCc1ccccc1Cl)Nc1ccc(C(=O)Nc2cccc(C(F)(F)F)c2)cc1. The summed E-state index contributed by atoms with van der Waals surface area (Å²) < 4.78 is 38.4. The number of hydrogen-bond acceptors (Lipinski definition) is 2. The van der Waals surface area contributed by atoms with Crippen molar-refractivity contribution in [2.24, 2.45) is 0 Å². The molecule has 0 heterocycles. The predicted molar refractivity (Wildman–Crippen MR) is 114 cm³/mol. The molecule has 3 aromatic carbocycles. The number of alkyl halides is 3. The number of carbonyl (C=O) groups excluding carboxylic acids is 2. The van der Waals surface area contributed by atoms with Gasteiger partial charge in [-0.2, -0.15) is 13.2 Å². The van der Waals surface area contributed by atoms with Crippen molar-refractivity contribution >= 4 is 34.8 Å². The third kappa shape index (κ3) is 6.33. The normalized spacial score (nSPS) is 11.1. The van der Waals surface area contributed by atoms with Crippen LogP contribution in [-0.4, -0.2) is 11.8 Å². The summed E-state index contributed by atoms with van der Waals surface area (Å²) >= 11 is 6.08. The zero-order valence-electron chi connectivity index (χ0n) is 16.2. The van der Waals surface area contributed by atoms with Crippen molar-refractivity contribution in [1.82, 2.24) is 0 Å². The molecule has 0 radical (unpaired) electrons. The summed E-state index contributed by atoms with van der Waals surface area (Å²) in [5, 5.41) is 5.77. The van der Waals surface area contributed by atoms with Gasteiger partial charge in [-0.05, 0) is 60.5 Å². The number of nitrogens with one attached hydrogen (secondary N) is 2. The molecule has 3 aromatic rings. The van der Waals surface area contributed by atoms with Gasteiger partial charge in [0.1, 0.15) is 0 Å². The van der Waals surface area contributed by atoms with Crippen LogP contribution in [0.1, 0.15) is 27.9 Å². The summed E-state index contributed by atoms with van der Waals surface area (Å²) in [6.07, 6.45) is -3.77. The Kier molecular flexibility index (Phi) is 6.97. The molecule has 2 amide bonds. The van der Waals surface area contributed by atoms with Gasteiger partial charge in [0.05, 0.1) is 5.56 Å². The molecule has 0 aromatic heterocycles. The van der Waals surface area contributed by atoms with Crippen LogP contribution in [0.5, 0.6) is 0 Å². The first kappa shape index (κ1) is 22.4. The van der Waals surface area contributed by atoms with Gasteiger partial charge in [-0.25, -0.2) is 0 Å². The number of carbonyl (C=O) groups is 2. The standard InChI is InChI=1S/C23H18ClF3N2O2/c24-20-7-2-1-4-15(20)10-13-21(30)28-18-11-8-16(9-12-18)22(31)29-19-6-3-5-17(14-19)23(25,26)27/h1-9,11-12,14H,10,13H2,(H,28,30)(H,29,31). The summed E-state index contributed by atoms with van der Waals surface area (Å²) in [5.41, 5.74) is 0.809. The zero-order chi connectivity index (χ0) is 22.4. The number of anilines is 2. The maximum Gasteiger partial charge on any atom is 0.416 e. The van der Waals surface area contributed by atoms with E-state index in [0.29, 0.717) is 17.1 Å². The van der Waals surface area contributed by atoms with Crippen LogP contribution in [0.2, 0.25) is 5.02 Å². The first-order chi connectivity index (χ1) is 14.7. The van der Waals surface area contributed by atoms with E-state index in [1.165, 1.54) is 24.3 Å². The van der Waals surface area contributed by atoms with Gasteiger partial charge in [0.15, 0.2) is 0 Å². The number of benzene rings is 3. The highest BCUT2D eigenvalue weighted by Crippen LogP contribution is 2.30. The molecule has 160 valence electrons. The highest BCUT2D eigenvalue weighted by Gasteiger charge is 2.30. The lowest BCUT2D eigenvalue weighted by molar-refractivity contribution is -0.137. The maximum atomic E-state index is 12.8. The summed E-state index contributed by atoms with van der Waals surface area (Å²) in [4.78, 5) is 24.5. The molecule has 0 unspecified atom stereocenters. The molecule has 2 N–H and O–H groups in total. The van der Waals surface area contributed by atoms with Gasteiger partial charge >= 0.3 is 6.18 Å².